The van der Waals surface area contributed by atoms with Crippen LogP contribution in [-0.4, -0.2) is 79.7 Å². The Kier molecular flexibility index (Phi) is 6.23. The van der Waals surface area contributed by atoms with Crippen LogP contribution in [0.3, 0.4) is 0 Å². The number of carbonyl (C=O) groups is 1. The highest BCUT2D eigenvalue weighted by Crippen LogP contribution is 2.36. The third kappa shape index (κ3) is 4.50. The Morgan fingerprint density at radius 1 is 1.29 bits per heavy atom. The normalized spacial score (nSPS) is 20.3. The summed E-state index contributed by atoms with van der Waals surface area (Å²) in [6, 6.07) is 5.54. The number of carbonyl (C=O) groups excluding carboxylic acids is 1. The summed E-state index contributed by atoms with van der Waals surface area (Å²) in [4.78, 5) is 24.9. The standard InChI is InChI=1S/C24H25FN8O2/c1-15-8-19(16(2)24(26-3)23(15)25)20-12-31-6-7-32(11-18(31)13-35-20)22(34)9-17-4-5-21(27-10-17)33-14-28-29-30-33/h4-5,8,10,14,18,20H,6-7,9,11-13H2,1-2H3/t18-,20-/m1/s1. The molecule has 11 heteroatoms. The van der Waals surface area contributed by atoms with Crippen molar-refractivity contribution < 1.29 is 13.9 Å². The second kappa shape index (κ2) is 9.48. The van der Waals surface area contributed by atoms with Crippen LogP contribution in [0.1, 0.15) is 28.4 Å². The van der Waals surface area contributed by atoms with E-state index in [1.165, 1.54) is 11.0 Å². The summed E-state index contributed by atoms with van der Waals surface area (Å²) in [5.74, 6) is 0.182. The molecule has 4 heterocycles. The second-order valence-corrected chi connectivity index (χ2v) is 8.95. The summed E-state index contributed by atoms with van der Waals surface area (Å²) in [6.45, 7) is 13.9. The fourth-order valence-corrected chi connectivity index (χ4v) is 4.77. The molecule has 2 atom stereocenters. The molecule has 35 heavy (non-hydrogen) atoms. The van der Waals surface area contributed by atoms with Crippen LogP contribution in [0.2, 0.25) is 0 Å². The Balaban J connectivity index is 1.20. The first kappa shape index (κ1) is 23.0. The molecular weight excluding hydrogens is 451 g/mol. The predicted octanol–water partition coefficient (Wildman–Crippen LogP) is 2.19. The number of morpholine rings is 1. The number of hydrogen-bond donors (Lipinski definition) is 0. The lowest BCUT2D eigenvalue weighted by molar-refractivity contribution is -0.139. The van der Waals surface area contributed by atoms with E-state index < -0.39 is 5.82 Å². The molecule has 2 aromatic heterocycles. The second-order valence-electron chi connectivity index (χ2n) is 8.95. The molecule has 5 rings (SSSR count). The maximum atomic E-state index is 14.3. The quantitative estimate of drug-likeness (QED) is 0.533. The lowest BCUT2D eigenvalue weighted by Gasteiger charge is -2.46. The van der Waals surface area contributed by atoms with E-state index in [-0.39, 0.29) is 30.2 Å². The molecule has 0 saturated carbocycles. The topological polar surface area (TPSA) is 93.6 Å². The minimum absolute atomic E-state index is 0.0513. The maximum absolute atomic E-state index is 14.3. The number of benzene rings is 1. The fraction of sp³-hybridized carbons (Fsp3) is 0.417. The summed E-state index contributed by atoms with van der Waals surface area (Å²) < 4.78 is 21.9. The van der Waals surface area contributed by atoms with E-state index in [0.717, 1.165) is 17.7 Å². The molecule has 180 valence electrons. The van der Waals surface area contributed by atoms with Crippen molar-refractivity contribution in [2.45, 2.75) is 32.4 Å². The zero-order valence-corrected chi connectivity index (χ0v) is 19.6. The number of halogens is 1. The van der Waals surface area contributed by atoms with Crippen molar-refractivity contribution in [3.63, 3.8) is 0 Å². The van der Waals surface area contributed by atoms with E-state index in [1.807, 2.05) is 11.0 Å². The van der Waals surface area contributed by atoms with Gasteiger partial charge in [-0.15, -0.1) is 5.10 Å². The molecule has 2 saturated heterocycles. The van der Waals surface area contributed by atoms with E-state index in [4.69, 9.17) is 11.3 Å². The number of ether oxygens (including phenoxy) is 1. The van der Waals surface area contributed by atoms with Crippen LogP contribution in [0, 0.1) is 26.2 Å². The summed E-state index contributed by atoms with van der Waals surface area (Å²) in [5, 5.41) is 11.0. The molecule has 0 unspecified atom stereocenters. The molecule has 0 spiro atoms. The van der Waals surface area contributed by atoms with Crippen LogP contribution in [-0.2, 0) is 16.0 Å². The first-order valence-electron chi connectivity index (χ1n) is 11.4. The van der Waals surface area contributed by atoms with Crippen molar-refractivity contribution in [1.29, 1.82) is 0 Å². The highest BCUT2D eigenvalue weighted by molar-refractivity contribution is 5.79. The van der Waals surface area contributed by atoms with Gasteiger partial charge in [-0.3, -0.25) is 9.69 Å². The Hall–Kier alpha value is -3.75. The smallest absolute Gasteiger partial charge is 0.227 e. The van der Waals surface area contributed by atoms with Crippen molar-refractivity contribution in [2.75, 3.05) is 32.8 Å². The molecule has 3 aromatic rings. The van der Waals surface area contributed by atoms with Crippen molar-refractivity contribution in [3.8, 4) is 5.82 Å². The van der Waals surface area contributed by atoms with Gasteiger partial charge in [0, 0.05) is 32.4 Å². The number of nitrogens with zero attached hydrogens (tertiary/aromatic N) is 8. The Morgan fingerprint density at radius 2 is 2.14 bits per heavy atom. The lowest BCUT2D eigenvalue weighted by atomic mass is 9.96. The highest BCUT2D eigenvalue weighted by atomic mass is 19.1. The summed E-state index contributed by atoms with van der Waals surface area (Å²) in [5.41, 5.74) is 2.86. The third-order valence-corrected chi connectivity index (χ3v) is 6.77. The Morgan fingerprint density at radius 3 is 2.86 bits per heavy atom. The lowest BCUT2D eigenvalue weighted by Crippen LogP contribution is -2.59. The fourth-order valence-electron chi connectivity index (χ4n) is 4.77. The van der Waals surface area contributed by atoms with Gasteiger partial charge in [0.05, 0.1) is 31.7 Å². The maximum Gasteiger partial charge on any atom is 0.227 e. The molecule has 0 radical (unpaired) electrons. The summed E-state index contributed by atoms with van der Waals surface area (Å²) in [7, 11) is 0. The molecule has 0 aliphatic carbocycles. The van der Waals surface area contributed by atoms with Gasteiger partial charge in [0.1, 0.15) is 12.1 Å². The van der Waals surface area contributed by atoms with Crippen LogP contribution in [0.15, 0.2) is 30.7 Å². The number of fused-ring (bicyclic) bond motifs is 1. The first-order chi connectivity index (χ1) is 16.9. The average molecular weight is 477 g/mol. The van der Waals surface area contributed by atoms with Gasteiger partial charge >= 0.3 is 0 Å². The number of amides is 1. The molecular formula is C24H25FN8O2. The van der Waals surface area contributed by atoms with Crippen molar-refractivity contribution >= 4 is 11.6 Å². The van der Waals surface area contributed by atoms with E-state index in [0.29, 0.717) is 43.2 Å². The minimum atomic E-state index is -0.456. The SMILES string of the molecule is [C-]#[N+]c1c(C)c([C@H]2CN3CCN(C(=O)Cc4ccc(-n5cnnn5)nc4)C[C@@H]3CO2)cc(C)c1F. The molecule has 2 aliphatic heterocycles. The van der Waals surface area contributed by atoms with Gasteiger partial charge in [-0.1, -0.05) is 12.1 Å². The number of aryl methyl sites for hydroxylation is 1. The van der Waals surface area contributed by atoms with Gasteiger partial charge in [0.15, 0.2) is 5.82 Å². The number of hydrogen-bond acceptors (Lipinski definition) is 7. The van der Waals surface area contributed by atoms with Crippen LogP contribution < -0.4 is 0 Å². The van der Waals surface area contributed by atoms with Gasteiger partial charge in [-0.2, -0.15) is 4.68 Å². The highest BCUT2D eigenvalue weighted by Gasteiger charge is 2.36. The number of pyridine rings is 1. The van der Waals surface area contributed by atoms with Crippen molar-refractivity contribution in [1.82, 2.24) is 35.0 Å². The third-order valence-electron chi connectivity index (χ3n) is 6.77. The largest absolute Gasteiger partial charge is 0.371 e. The minimum Gasteiger partial charge on any atom is -0.371 e. The van der Waals surface area contributed by atoms with E-state index in [9.17, 15) is 9.18 Å². The molecule has 0 N–H and O–H groups in total. The van der Waals surface area contributed by atoms with Gasteiger partial charge in [-0.05, 0) is 52.6 Å². The molecule has 1 amide bonds. The monoisotopic (exact) mass is 476 g/mol. The predicted molar refractivity (Wildman–Crippen MR) is 123 cm³/mol. The molecule has 1 aromatic carbocycles. The zero-order valence-electron chi connectivity index (χ0n) is 19.6. The molecule has 0 bridgehead atoms. The average Bonchev–Trinajstić information content (AvgIpc) is 3.41. The molecule has 10 nitrogen and oxygen atoms in total. The Bertz CT molecular complexity index is 1270. The van der Waals surface area contributed by atoms with Crippen molar-refractivity contribution in [3.05, 3.63) is 70.2 Å². The number of rotatable bonds is 4. The van der Waals surface area contributed by atoms with Gasteiger partial charge in [0.25, 0.3) is 0 Å². The number of aromatic nitrogens is 5. The number of piperazine rings is 1. The van der Waals surface area contributed by atoms with E-state index in [1.54, 1.807) is 32.2 Å². The van der Waals surface area contributed by atoms with Crippen LogP contribution in [0.5, 0.6) is 0 Å². The van der Waals surface area contributed by atoms with Crippen LogP contribution >= 0.6 is 0 Å². The van der Waals surface area contributed by atoms with E-state index >= 15 is 0 Å². The van der Waals surface area contributed by atoms with Crippen LogP contribution in [0.25, 0.3) is 10.7 Å². The van der Waals surface area contributed by atoms with Crippen LogP contribution in [0.4, 0.5) is 10.1 Å². The van der Waals surface area contributed by atoms with Gasteiger partial charge < -0.3 is 9.64 Å². The van der Waals surface area contributed by atoms with Gasteiger partial charge in [0.2, 0.25) is 11.6 Å². The first-order valence-corrected chi connectivity index (χ1v) is 11.4. The number of tetrazole rings is 1. The summed E-state index contributed by atoms with van der Waals surface area (Å²) >= 11 is 0. The molecule has 2 fully saturated rings. The zero-order chi connectivity index (χ0) is 24.5. The molecule has 2 aliphatic rings. The Labute approximate surface area is 202 Å². The van der Waals surface area contributed by atoms with Gasteiger partial charge in [-0.25, -0.2) is 14.2 Å². The summed E-state index contributed by atoms with van der Waals surface area (Å²) in [6.07, 6.45) is 3.18. The van der Waals surface area contributed by atoms with E-state index in [2.05, 4.69) is 30.3 Å². The van der Waals surface area contributed by atoms with Crippen molar-refractivity contribution in [2.24, 2.45) is 0 Å².